The van der Waals surface area contributed by atoms with Gasteiger partial charge in [0.05, 0.1) is 22.9 Å². The van der Waals surface area contributed by atoms with Gasteiger partial charge in [0.2, 0.25) is 0 Å². The summed E-state index contributed by atoms with van der Waals surface area (Å²) >= 11 is 1.73. The summed E-state index contributed by atoms with van der Waals surface area (Å²) in [5.74, 6) is 1.17. The summed E-state index contributed by atoms with van der Waals surface area (Å²) < 4.78 is 15.3. The number of carbonyl (C=O) groups excluding carboxylic acids is 1. The second-order valence-corrected chi connectivity index (χ2v) is 11.1. The number of rotatable bonds is 5. The van der Waals surface area contributed by atoms with Crippen molar-refractivity contribution >= 4 is 28.3 Å². The molecule has 2 aliphatic rings. The highest BCUT2D eigenvalue weighted by atomic mass is 32.1. The molecule has 0 spiro atoms. The Morgan fingerprint density at radius 3 is 2.61 bits per heavy atom. The quantitative estimate of drug-likeness (QED) is 0.361. The molecule has 2 atom stereocenters. The number of hydrogen-bond acceptors (Lipinski definition) is 4. The molecule has 186 valence electrons. The third kappa shape index (κ3) is 4.46. The highest BCUT2D eigenvalue weighted by Gasteiger charge is 2.38. The summed E-state index contributed by atoms with van der Waals surface area (Å²) in [6.45, 7) is 4.59. The van der Waals surface area contributed by atoms with Gasteiger partial charge in [-0.05, 0) is 90.0 Å². The van der Waals surface area contributed by atoms with Crippen molar-refractivity contribution in [1.29, 1.82) is 0 Å². The van der Waals surface area contributed by atoms with Crippen LogP contribution in [0.4, 0.5) is 4.39 Å². The minimum Gasteiger partial charge on any atom is -0.338 e. The molecule has 2 aliphatic heterocycles. The Hall–Kier alpha value is -3.03. The molecule has 0 N–H and O–H groups in total. The largest absolute Gasteiger partial charge is 0.338 e. The zero-order valence-electron chi connectivity index (χ0n) is 20.5. The van der Waals surface area contributed by atoms with Crippen LogP contribution < -0.4 is 0 Å². The molecular formula is C29H31FN4OS. The first-order valence-electron chi connectivity index (χ1n) is 12.8. The number of amides is 1. The number of piperidine rings is 1. The van der Waals surface area contributed by atoms with Crippen LogP contribution in [0.2, 0.25) is 0 Å². The van der Waals surface area contributed by atoms with Crippen molar-refractivity contribution < 1.29 is 9.18 Å². The zero-order valence-corrected chi connectivity index (χ0v) is 21.3. The molecule has 0 bridgehead atoms. The fraction of sp³-hybridized carbons (Fsp3) is 0.379. The van der Waals surface area contributed by atoms with Crippen LogP contribution in [-0.4, -0.2) is 58.0 Å². The summed E-state index contributed by atoms with van der Waals surface area (Å²) in [5.41, 5.74) is 5.09. The van der Waals surface area contributed by atoms with E-state index in [0.717, 1.165) is 62.2 Å². The van der Waals surface area contributed by atoms with E-state index in [0.29, 0.717) is 17.8 Å². The molecule has 36 heavy (non-hydrogen) atoms. The summed E-state index contributed by atoms with van der Waals surface area (Å²) in [6.07, 6.45) is 3.96. The first-order valence-corrected chi connectivity index (χ1v) is 13.7. The first kappa shape index (κ1) is 23.4. The predicted octanol–water partition coefficient (Wildman–Crippen LogP) is 5.51. The number of thiophene rings is 1. The van der Waals surface area contributed by atoms with Gasteiger partial charge >= 0.3 is 0 Å². The van der Waals surface area contributed by atoms with Gasteiger partial charge in [0.1, 0.15) is 5.82 Å². The molecule has 1 amide bonds. The number of benzene rings is 2. The topological polar surface area (TPSA) is 41.4 Å². The van der Waals surface area contributed by atoms with Crippen LogP contribution in [0.3, 0.4) is 0 Å². The minimum absolute atomic E-state index is 0.0990. The summed E-state index contributed by atoms with van der Waals surface area (Å²) in [4.78, 5) is 22.8. The third-order valence-electron chi connectivity index (χ3n) is 8.09. The predicted molar refractivity (Wildman–Crippen MR) is 142 cm³/mol. The molecule has 4 heterocycles. The Morgan fingerprint density at radius 2 is 1.86 bits per heavy atom. The van der Waals surface area contributed by atoms with E-state index in [1.807, 2.05) is 41.9 Å². The normalized spacial score (nSPS) is 21.4. The number of likely N-dealkylation sites (tertiary alicyclic amines) is 2. The Labute approximate surface area is 215 Å². The SMILES string of the molecule is Cn1cnc2cccc(C(=O)N3CC(c4ccsc4)[C@H](CN4CCC(c5ccc(F)cc5)CC4)C3)c21. The Bertz CT molecular complexity index is 1340. The lowest BCUT2D eigenvalue weighted by atomic mass is 9.87. The molecule has 1 unspecified atom stereocenters. The molecule has 2 saturated heterocycles. The van der Waals surface area contributed by atoms with Crippen molar-refractivity contribution in [3.63, 3.8) is 0 Å². The maximum atomic E-state index is 13.7. The number of fused-ring (bicyclic) bond motifs is 1. The number of hydrogen-bond donors (Lipinski definition) is 0. The van der Waals surface area contributed by atoms with Crippen LogP contribution in [0.1, 0.15) is 46.2 Å². The number of nitrogens with zero attached hydrogens (tertiary/aromatic N) is 4. The first-order chi connectivity index (χ1) is 17.6. The van der Waals surface area contributed by atoms with Gasteiger partial charge in [-0.15, -0.1) is 0 Å². The second-order valence-electron chi connectivity index (χ2n) is 10.3. The average Bonchev–Trinajstić information content (AvgIpc) is 3.65. The molecule has 2 aromatic heterocycles. The van der Waals surface area contributed by atoms with Crippen LogP contribution in [0.25, 0.3) is 11.0 Å². The summed E-state index contributed by atoms with van der Waals surface area (Å²) in [5, 5.41) is 4.38. The molecule has 6 rings (SSSR count). The van der Waals surface area contributed by atoms with E-state index >= 15 is 0 Å². The summed E-state index contributed by atoms with van der Waals surface area (Å²) in [7, 11) is 1.95. The fourth-order valence-electron chi connectivity index (χ4n) is 6.16. The van der Waals surface area contributed by atoms with Crippen molar-refractivity contribution in [1.82, 2.24) is 19.4 Å². The van der Waals surface area contributed by atoms with Crippen LogP contribution in [-0.2, 0) is 7.05 Å². The van der Waals surface area contributed by atoms with E-state index in [9.17, 15) is 9.18 Å². The Balaban J connectivity index is 1.17. The number of aromatic nitrogens is 2. The molecule has 2 fully saturated rings. The number of imidazole rings is 1. The van der Waals surface area contributed by atoms with Gasteiger partial charge in [-0.25, -0.2) is 9.37 Å². The Morgan fingerprint density at radius 1 is 1.06 bits per heavy atom. The monoisotopic (exact) mass is 502 g/mol. The van der Waals surface area contributed by atoms with Crippen LogP contribution in [0.15, 0.2) is 65.6 Å². The third-order valence-corrected chi connectivity index (χ3v) is 8.79. The maximum absolute atomic E-state index is 13.7. The van der Waals surface area contributed by atoms with Gasteiger partial charge in [-0.3, -0.25) is 4.79 Å². The van der Waals surface area contributed by atoms with E-state index in [4.69, 9.17) is 0 Å². The van der Waals surface area contributed by atoms with E-state index in [2.05, 4.69) is 31.6 Å². The lowest BCUT2D eigenvalue weighted by molar-refractivity contribution is 0.0783. The van der Waals surface area contributed by atoms with Crippen molar-refractivity contribution in [2.45, 2.75) is 24.7 Å². The smallest absolute Gasteiger partial charge is 0.256 e. The van der Waals surface area contributed by atoms with Crippen LogP contribution in [0, 0.1) is 11.7 Å². The molecule has 4 aromatic rings. The molecule has 5 nitrogen and oxygen atoms in total. The highest BCUT2D eigenvalue weighted by molar-refractivity contribution is 7.08. The van der Waals surface area contributed by atoms with Gasteiger partial charge in [0.15, 0.2) is 0 Å². The van der Waals surface area contributed by atoms with Gasteiger partial charge in [0.25, 0.3) is 5.91 Å². The van der Waals surface area contributed by atoms with Crippen molar-refractivity contribution in [2.75, 3.05) is 32.7 Å². The highest BCUT2D eigenvalue weighted by Crippen LogP contribution is 2.37. The van der Waals surface area contributed by atoms with Gasteiger partial charge < -0.3 is 14.4 Å². The molecular weight excluding hydrogens is 471 g/mol. The van der Waals surface area contributed by atoms with E-state index < -0.39 is 0 Å². The van der Waals surface area contributed by atoms with Crippen molar-refractivity contribution in [3.8, 4) is 0 Å². The van der Waals surface area contributed by atoms with Gasteiger partial charge in [-0.2, -0.15) is 11.3 Å². The second kappa shape index (κ2) is 9.79. The Kier molecular flexibility index (Phi) is 6.36. The lowest BCUT2D eigenvalue weighted by Gasteiger charge is -2.34. The average molecular weight is 503 g/mol. The molecule has 7 heteroatoms. The number of halogens is 1. The van der Waals surface area contributed by atoms with E-state index in [-0.39, 0.29) is 11.7 Å². The lowest BCUT2D eigenvalue weighted by Crippen LogP contribution is -2.38. The molecule has 0 saturated carbocycles. The van der Waals surface area contributed by atoms with E-state index in [1.54, 1.807) is 29.8 Å². The summed E-state index contributed by atoms with van der Waals surface area (Å²) in [6, 6.07) is 15.1. The van der Waals surface area contributed by atoms with Crippen LogP contribution in [0.5, 0.6) is 0 Å². The van der Waals surface area contributed by atoms with Crippen LogP contribution >= 0.6 is 11.3 Å². The number of para-hydroxylation sites is 1. The molecule has 0 radical (unpaired) electrons. The van der Waals surface area contributed by atoms with Gasteiger partial charge in [0, 0.05) is 32.6 Å². The zero-order chi connectivity index (χ0) is 24.6. The maximum Gasteiger partial charge on any atom is 0.256 e. The minimum atomic E-state index is -0.171. The molecule has 0 aliphatic carbocycles. The fourth-order valence-corrected chi connectivity index (χ4v) is 6.88. The van der Waals surface area contributed by atoms with Crippen molar-refractivity contribution in [3.05, 3.63) is 88.1 Å². The van der Waals surface area contributed by atoms with E-state index in [1.165, 1.54) is 11.1 Å². The van der Waals surface area contributed by atoms with Gasteiger partial charge in [-0.1, -0.05) is 18.2 Å². The number of aryl methyl sites for hydroxylation is 1. The van der Waals surface area contributed by atoms with Crippen molar-refractivity contribution in [2.24, 2.45) is 13.0 Å². The number of carbonyl (C=O) groups is 1. The molecule has 2 aromatic carbocycles. The standard InChI is InChI=1S/C29H31FN4OS/c1-32-19-31-27-4-2-3-25(28(27)32)29(35)34-16-23(26(17-34)22-11-14-36-18-22)15-33-12-9-21(10-13-33)20-5-7-24(30)8-6-20/h2-8,11,14,18-19,21,23,26H,9-10,12-13,15-17H2,1H3/t23-,26?/m1/s1.